The SMILES string of the molecule is CC(=Cc1ccc([N+](=O)[O-])cc1)c1ccc2c(c1)C(C)(C)CCC2(C)C. The van der Waals surface area contributed by atoms with Gasteiger partial charge in [-0.2, -0.15) is 0 Å². The monoisotopic (exact) mass is 349 g/mol. The van der Waals surface area contributed by atoms with E-state index < -0.39 is 0 Å². The average molecular weight is 349 g/mol. The lowest BCUT2D eigenvalue weighted by Gasteiger charge is -2.42. The molecule has 0 aliphatic heterocycles. The van der Waals surface area contributed by atoms with Gasteiger partial charge in [-0.15, -0.1) is 0 Å². The van der Waals surface area contributed by atoms with Crippen LogP contribution in [0.15, 0.2) is 42.5 Å². The minimum Gasteiger partial charge on any atom is -0.258 e. The standard InChI is InChI=1S/C23H27NO2/c1-16(14-17-6-9-19(10-7-17)24(25)26)18-8-11-20-21(15-18)23(4,5)13-12-22(20,2)3/h6-11,14-15H,12-13H2,1-5H3. The molecule has 0 aromatic heterocycles. The molecule has 0 spiro atoms. The Balaban J connectivity index is 1.98. The molecule has 0 bridgehead atoms. The van der Waals surface area contributed by atoms with Crippen molar-refractivity contribution < 1.29 is 4.92 Å². The molecule has 26 heavy (non-hydrogen) atoms. The molecule has 0 saturated heterocycles. The Morgan fingerprint density at radius 1 is 0.962 bits per heavy atom. The third-order valence-corrected chi connectivity index (χ3v) is 5.80. The molecule has 0 amide bonds. The quantitative estimate of drug-likeness (QED) is 0.360. The summed E-state index contributed by atoms with van der Waals surface area (Å²) in [5, 5.41) is 10.8. The molecular weight excluding hydrogens is 322 g/mol. The zero-order valence-corrected chi connectivity index (χ0v) is 16.3. The first-order chi connectivity index (χ1) is 12.1. The van der Waals surface area contributed by atoms with Crippen LogP contribution < -0.4 is 0 Å². The van der Waals surface area contributed by atoms with Crippen molar-refractivity contribution in [2.24, 2.45) is 0 Å². The number of hydrogen-bond donors (Lipinski definition) is 0. The van der Waals surface area contributed by atoms with Crippen molar-refractivity contribution in [1.29, 1.82) is 0 Å². The number of nitrogens with zero attached hydrogens (tertiary/aromatic N) is 1. The van der Waals surface area contributed by atoms with Crippen molar-refractivity contribution in [3.8, 4) is 0 Å². The van der Waals surface area contributed by atoms with Gasteiger partial charge >= 0.3 is 0 Å². The van der Waals surface area contributed by atoms with E-state index in [0.29, 0.717) is 0 Å². The number of non-ortho nitro benzene ring substituents is 1. The lowest BCUT2D eigenvalue weighted by atomic mass is 9.63. The number of allylic oxidation sites excluding steroid dienone is 1. The fourth-order valence-electron chi connectivity index (χ4n) is 3.86. The molecule has 0 atom stereocenters. The van der Waals surface area contributed by atoms with Crippen LogP contribution in [0.25, 0.3) is 11.6 Å². The molecular formula is C23H27NO2. The van der Waals surface area contributed by atoms with E-state index in [1.807, 2.05) is 0 Å². The van der Waals surface area contributed by atoms with Crippen molar-refractivity contribution in [3.05, 3.63) is 74.8 Å². The summed E-state index contributed by atoms with van der Waals surface area (Å²) in [5.74, 6) is 0. The van der Waals surface area contributed by atoms with Crippen molar-refractivity contribution in [3.63, 3.8) is 0 Å². The molecule has 0 heterocycles. The van der Waals surface area contributed by atoms with Crippen LogP contribution in [0.4, 0.5) is 5.69 Å². The summed E-state index contributed by atoms with van der Waals surface area (Å²) in [6.45, 7) is 11.4. The maximum Gasteiger partial charge on any atom is 0.269 e. The van der Waals surface area contributed by atoms with Gasteiger partial charge in [0.2, 0.25) is 0 Å². The second-order valence-corrected chi connectivity index (χ2v) is 8.70. The summed E-state index contributed by atoms with van der Waals surface area (Å²) in [6.07, 6.45) is 4.50. The molecule has 0 fully saturated rings. The zero-order chi connectivity index (χ0) is 19.1. The van der Waals surface area contributed by atoms with Crippen molar-refractivity contribution in [2.45, 2.75) is 58.3 Å². The molecule has 1 aliphatic rings. The molecule has 1 aliphatic carbocycles. The predicted molar refractivity (Wildman–Crippen MR) is 108 cm³/mol. The van der Waals surface area contributed by atoms with E-state index >= 15 is 0 Å². The lowest BCUT2D eigenvalue weighted by molar-refractivity contribution is -0.384. The zero-order valence-electron chi connectivity index (χ0n) is 16.3. The van der Waals surface area contributed by atoms with E-state index in [9.17, 15) is 10.1 Å². The highest BCUT2D eigenvalue weighted by atomic mass is 16.6. The van der Waals surface area contributed by atoms with Crippen molar-refractivity contribution >= 4 is 17.3 Å². The summed E-state index contributed by atoms with van der Waals surface area (Å²) >= 11 is 0. The van der Waals surface area contributed by atoms with Gasteiger partial charge in [0, 0.05) is 12.1 Å². The summed E-state index contributed by atoms with van der Waals surface area (Å²) in [5.41, 5.74) is 6.80. The van der Waals surface area contributed by atoms with Crippen LogP contribution in [0.2, 0.25) is 0 Å². The van der Waals surface area contributed by atoms with Crippen LogP contribution >= 0.6 is 0 Å². The second-order valence-electron chi connectivity index (χ2n) is 8.70. The summed E-state index contributed by atoms with van der Waals surface area (Å²) in [7, 11) is 0. The largest absolute Gasteiger partial charge is 0.269 e. The topological polar surface area (TPSA) is 43.1 Å². The number of benzene rings is 2. The highest BCUT2D eigenvalue weighted by Crippen LogP contribution is 2.46. The smallest absolute Gasteiger partial charge is 0.258 e. The first kappa shape index (κ1) is 18.4. The van der Waals surface area contributed by atoms with E-state index in [1.165, 1.54) is 35.1 Å². The Morgan fingerprint density at radius 2 is 1.54 bits per heavy atom. The Morgan fingerprint density at radius 3 is 2.12 bits per heavy atom. The van der Waals surface area contributed by atoms with Crippen LogP contribution in [0.5, 0.6) is 0 Å². The minimum atomic E-state index is -0.367. The highest BCUT2D eigenvalue weighted by molar-refractivity contribution is 5.81. The Hall–Kier alpha value is -2.42. The van der Waals surface area contributed by atoms with Crippen molar-refractivity contribution in [1.82, 2.24) is 0 Å². The number of nitro groups is 1. The van der Waals surface area contributed by atoms with Gasteiger partial charge in [0.1, 0.15) is 0 Å². The fourth-order valence-corrected chi connectivity index (χ4v) is 3.86. The van der Waals surface area contributed by atoms with E-state index in [2.05, 4.69) is 58.9 Å². The molecule has 136 valence electrons. The van der Waals surface area contributed by atoms with Gasteiger partial charge in [0.15, 0.2) is 0 Å². The minimum absolute atomic E-state index is 0.123. The number of fused-ring (bicyclic) bond motifs is 1. The van der Waals surface area contributed by atoms with Crippen LogP contribution in [0.1, 0.15) is 69.7 Å². The molecule has 2 aromatic rings. The Labute approximate surface area is 155 Å². The van der Waals surface area contributed by atoms with Gasteiger partial charge in [-0.25, -0.2) is 0 Å². The van der Waals surface area contributed by atoms with Crippen LogP contribution in [-0.2, 0) is 10.8 Å². The highest BCUT2D eigenvalue weighted by Gasteiger charge is 2.36. The molecule has 0 N–H and O–H groups in total. The normalized spacial score (nSPS) is 18.3. The fraction of sp³-hybridized carbons (Fsp3) is 0.391. The van der Waals surface area contributed by atoms with Gasteiger partial charge < -0.3 is 0 Å². The maximum absolute atomic E-state index is 10.8. The molecule has 0 unspecified atom stereocenters. The van der Waals surface area contributed by atoms with E-state index in [4.69, 9.17) is 0 Å². The third-order valence-electron chi connectivity index (χ3n) is 5.80. The molecule has 3 heteroatoms. The van der Waals surface area contributed by atoms with Crippen molar-refractivity contribution in [2.75, 3.05) is 0 Å². The van der Waals surface area contributed by atoms with Crippen LogP contribution in [0, 0.1) is 10.1 Å². The Kier molecular flexibility index (Phi) is 4.51. The lowest BCUT2D eigenvalue weighted by Crippen LogP contribution is -2.33. The van der Waals surface area contributed by atoms with Gasteiger partial charge in [0.25, 0.3) is 5.69 Å². The third kappa shape index (κ3) is 3.44. The van der Waals surface area contributed by atoms with E-state index in [0.717, 1.165) is 5.56 Å². The predicted octanol–water partition coefficient (Wildman–Crippen LogP) is 6.50. The van der Waals surface area contributed by atoms with E-state index in [-0.39, 0.29) is 21.4 Å². The van der Waals surface area contributed by atoms with Crippen LogP contribution in [-0.4, -0.2) is 4.92 Å². The molecule has 0 radical (unpaired) electrons. The first-order valence-electron chi connectivity index (χ1n) is 9.18. The number of nitro benzene ring substituents is 1. The van der Waals surface area contributed by atoms with Gasteiger partial charge in [-0.05, 0) is 70.6 Å². The molecule has 3 nitrogen and oxygen atoms in total. The Bertz CT molecular complexity index is 874. The molecule has 2 aromatic carbocycles. The number of hydrogen-bond acceptors (Lipinski definition) is 2. The second kappa shape index (κ2) is 6.39. The van der Waals surface area contributed by atoms with Crippen LogP contribution in [0.3, 0.4) is 0 Å². The average Bonchev–Trinajstić information content (AvgIpc) is 2.59. The summed E-state index contributed by atoms with van der Waals surface area (Å²) in [6, 6.07) is 13.5. The summed E-state index contributed by atoms with van der Waals surface area (Å²) < 4.78 is 0. The maximum atomic E-state index is 10.8. The van der Waals surface area contributed by atoms with Gasteiger partial charge in [0.05, 0.1) is 4.92 Å². The summed E-state index contributed by atoms with van der Waals surface area (Å²) in [4.78, 5) is 10.4. The molecule has 3 rings (SSSR count). The molecule has 0 saturated carbocycles. The first-order valence-corrected chi connectivity index (χ1v) is 9.18. The van der Waals surface area contributed by atoms with E-state index in [1.54, 1.807) is 24.3 Å². The van der Waals surface area contributed by atoms with Gasteiger partial charge in [-0.1, -0.05) is 52.0 Å². The number of rotatable bonds is 3. The van der Waals surface area contributed by atoms with Gasteiger partial charge in [-0.3, -0.25) is 10.1 Å².